The molecule has 134 valence electrons. The Morgan fingerprint density at radius 2 is 2.20 bits per heavy atom. The van der Waals surface area contributed by atoms with Crippen LogP contribution in [0, 0.1) is 18.6 Å². The molecule has 3 rings (SSSR count). The molecule has 0 bridgehead atoms. The minimum absolute atomic E-state index is 0.00856. The SMILES string of the molecule is Cc1csc(CN(C)C2CCCN(Cc3ccc(F)cc3F)C2=O)n1. The maximum atomic E-state index is 13.9. The molecule has 0 radical (unpaired) electrons. The van der Waals surface area contributed by atoms with Crippen LogP contribution in [0.1, 0.15) is 29.1 Å². The van der Waals surface area contributed by atoms with Crippen molar-refractivity contribution < 1.29 is 13.6 Å². The van der Waals surface area contributed by atoms with Crippen molar-refractivity contribution in [1.29, 1.82) is 0 Å². The van der Waals surface area contributed by atoms with Crippen molar-refractivity contribution in [3.8, 4) is 0 Å². The van der Waals surface area contributed by atoms with Gasteiger partial charge in [-0.25, -0.2) is 13.8 Å². The van der Waals surface area contributed by atoms with Crippen LogP contribution in [0.2, 0.25) is 0 Å². The fourth-order valence-electron chi connectivity index (χ4n) is 3.14. The van der Waals surface area contributed by atoms with Gasteiger partial charge in [0.1, 0.15) is 16.6 Å². The molecule has 1 aromatic carbocycles. The Hall–Kier alpha value is -1.86. The van der Waals surface area contributed by atoms with Gasteiger partial charge in [-0.2, -0.15) is 0 Å². The van der Waals surface area contributed by atoms with Crippen molar-refractivity contribution in [3.05, 3.63) is 51.5 Å². The summed E-state index contributed by atoms with van der Waals surface area (Å²) < 4.78 is 26.9. The van der Waals surface area contributed by atoms with E-state index in [1.165, 1.54) is 12.1 Å². The molecule has 7 heteroatoms. The van der Waals surface area contributed by atoms with Gasteiger partial charge in [0.15, 0.2) is 0 Å². The lowest BCUT2D eigenvalue weighted by Crippen LogP contribution is -2.50. The molecule has 0 aliphatic carbocycles. The summed E-state index contributed by atoms with van der Waals surface area (Å²) in [6, 6.07) is 3.25. The highest BCUT2D eigenvalue weighted by Gasteiger charge is 2.32. The normalized spacial score (nSPS) is 18.2. The predicted molar refractivity (Wildman–Crippen MR) is 93.1 cm³/mol. The van der Waals surface area contributed by atoms with Crippen LogP contribution in [0.15, 0.2) is 23.6 Å². The number of likely N-dealkylation sites (tertiary alicyclic amines) is 1. The summed E-state index contributed by atoms with van der Waals surface area (Å²) in [5.41, 5.74) is 1.32. The molecule has 1 aliphatic heterocycles. The summed E-state index contributed by atoms with van der Waals surface area (Å²) in [7, 11) is 1.92. The highest BCUT2D eigenvalue weighted by molar-refractivity contribution is 7.09. The molecule has 2 heterocycles. The Kier molecular flexibility index (Phi) is 5.44. The number of hydrogen-bond donors (Lipinski definition) is 0. The molecular formula is C18H21F2N3OS. The lowest BCUT2D eigenvalue weighted by molar-refractivity contribution is -0.140. The number of amides is 1. The van der Waals surface area contributed by atoms with Crippen LogP contribution < -0.4 is 0 Å². The fraction of sp³-hybridized carbons (Fsp3) is 0.444. The molecule has 1 unspecified atom stereocenters. The third kappa shape index (κ3) is 4.22. The summed E-state index contributed by atoms with van der Waals surface area (Å²) >= 11 is 1.59. The van der Waals surface area contributed by atoms with E-state index < -0.39 is 11.6 Å². The second-order valence-corrected chi connectivity index (χ2v) is 7.39. The number of thiazole rings is 1. The van der Waals surface area contributed by atoms with Crippen LogP contribution in [0.4, 0.5) is 8.78 Å². The Morgan fingerprint density at radius 1 is 1.40 bits per heavy atom. The van der Waals surface area contributed by atoms with Gasteiger partial charge in [0.05, 0.1) is 12.6 Å². The zero-order valence-corrected chi connectivity index (χ0v) is 15.2. The smallest absolute Gasteiger partial charge is 0.240 e. The van der Waals surface area contributed by atoms with E-state index in [9.17, 15) is 13.6 Å². The van der Waals surface area contributed by atoms with Gasteiger partial charge in [0, 0.05) is 35.8 Å². The van der Waals surface area contributed by atoms with E-state index >= 15 is 0 Å². The van der Waals surface area contributed by atoms with Crippen molar-refractivity contribution >= 4 is 17.2 Å². The first-order valence-corrected chi connectivity index (χ1v) is 9.16. The Balaban J connectivity index is 1.67. The number of piperidine rings is 1. The maximum Gasteiger partial charge on any atom is 0.240 e. The largest absolute Gasteiger partial charge is 0.337 e. The number of rotatable bonds is 5. The lowest BCUT2D eigenvalue weighted by atomic mass is 10.0. The van der Waals surface area contributed by atoms with Crippen molar-refractivity contribution in [2.45, 2.75) is 38.9 Å². The molecule has 1 atom stereocenters. The summed E-state index contributed by atoms with van der Waals surface area (Å²) in [5, 5.41) is 2.98. The van der Waals surface area contributed by atoms with Gasteiger partial charge in [-0.05, 0) is 32.9 Å². The molecular weight excluding hydrogens is 344 g/mol. The maximum absolute atomic E-state index is 13.9. The van der Waals surface area contributed by atoms with Gasteiger partial charge in [-0.3, -0.25) is 9.69 Å². The minimum Gasteiger partial charge on any atom is -0.337 e. The van der Waals surface area contributed by atoms with Gasteiger partial charge in [-0.15, -0.1) is 11.3 Å². The molecule has 0 saturated carbocycles. The highest BCUT2D eigenvalue weighted by Crippen LogP contribution is 2.22. The summed E-state index contributed by atoms with van der Waals surface area (Å²) in [4.78, 5) is 20.9. The predicted octanol–water partition coefficient (Wildman–Crippen LogP) is 3.35. The van der Waals surface area contributed by atoms with Gasteiger partial charge in [0.2, 0.25) is 5.91 Å². The van der Waals surface area contributed by atoms with Crippen LogP contribution in [0.25, 0.3) is 0 Å². The molecule has 1 aliphatic rings. The third-order valence-electron chi connectivity index (χ3n) is 4.46. The van der Waals surface area contributed by atoms with Crippen LogP contribution in [-0.4, -0.2) is 40.3 Å². The molecule has 25 heavy (non-hydrogen) atoms. The van der Waals surface area contributed by atoms with Crippen LogP contribution >= 0.6 is 11.3 Å². The van der Waals surface area contributed by atoms with Crippen molar-refractivity contribution in [3.63, 3.8) is 0 Å². The first-order chi connectivity index (χ1) is 11.9. The van der Waals surface area contributed by atoms with E-state index in [2.05, 4.69) is 4.98 Å². The number of hydrogen-bond acceptors (Lipinski definition) is 4. The van der Waals surface area contributed by atoms with Crippen molar-refractivity contribution in [2.24, 2.45) is 0 Å². The molecule has 0 spiro atoms. The molecule has 1 saturated heterocycles. The number of halogens is 2. The average molecular weight is 365 g/mol. The van der Waals surface area contributed by atoms with Gasteiger partial charge in [0.25, 0.3) is 0 Å². The Bertz CT molecular complexity index is 765. The average Bonchev–Trinajstić information content (AvgIpc) is 2.96. The summed E-state index contributed by atoms with van der Waals surface area (Å²) in [5.74, 6) is -1.23. The van der Waals surface area contributed by atoms with Gasteiger partial charge in [-0.1, -0.05) is 6.07 Å². The van der Waals surface area contributed by atoms with Crippen molar-refractivity contribution in [1.82, 2.24) is 14.8 Å². The number of nitrogens with zero attached hydrogens (tertiary/aromatic N) is 3. The van der Waals surface area contributed by atoms with E-state index in [0.717, 1.165) is 29.6 Å². The summed E-state index contributed by atoms with van der Waals surface area (Å²) in [6.07, 6.45) is 1.64. The van der Waals surface area contributed by atoms with E-state index in [1.807, 2.05) is 24.3 Å². The molecule has 1 aromatic heterocycles. The summed E-state index contributed by atoms with van der Waals surface area (Å²) in [6.45, 7) is 3.33. The monoisotopic (exact) mass is 365 g/mol. The van der Waals surface area contributed by atoms with Crippen LogP contribution in [0.3, 0.4) is 0 Å². The van der Waals surface area contributed by atoms with Gasteiger partial charge < -0.3 is 4.90 Å². The topological polar surface area (TPSA) is 36.4 Å². The second kappa shape index (κ2) is 7.58. The molecule has 1 amide bonds. The Morgan fingerprint density at radius 3 is 2.88 bits per heavy atom. The van der Waals surface area contributed by atoms with E-state index in [-0.39, 0.29) is 18.5 Å². The third-order valence-corrected chi connectivity index (χ3v) is 5.41. The second-order valence-electron chi connectivity index (χ2n) is 6.45. The number of aromatic nitrogens is 1. The number of carbonyl (C=O) groups excluding carboxylic acids is 1. The van der Waals surface area contributed by atoms with E-state index in [4.69, 9.17) is 0 Å². The fourth-order valence-corrected chi connectivity index (χ4v) is 3.97. The molecule has 1 fully saturated rings. The quantitative estimate of drug-likeness (QED) is 0.815. The van der Waals surface area contributed by atoms with Crippen molar-refractivity contribution in [2.75, 3.05) is 13.6 Å². The standard InChI is InChI=1S/C18H21F2N3OS/c1-12-11-25-17(21-12)10-22(2)16-4-3-7-23(18(16)24)9-13-5-6-14(19)8-15(13)20/h5-6,8,11,16H,3-4,7,9-10H2,1-2H3. The first-order valence-electron chi connectivity index (χ1n) is 8.28. The highest BCUT2D eigenvalue weighted by atomic mass is 32.1. The number of benzene rings is 1. The first kappa shape index (κ1) is 17.9. The van der Waals surface area contributed by atoms with E-state index in [1.54, 1.807) is 16.2 Å². The minimum atomic E-state index is -0.610. The lowest BCUT2D eigenvalue weighted by Gasteiger charge is -2.36. The zero-order chi connectivity index (χ0) is 18.0. The van der Waals surface area contributed by atoms with Gasteiger partial charge >= 0.3 is 0 Å². The molecule has 4 nitrogen and oxygen atoms in total. The van der Waals surface area contributed by atoms with Crippen LogP contribution in [-0.2, 0) is 17.9 Å². The Labute approximate surface area is 150 Å². The zero-order valence-electron chi connectivity index (χ0n) is 14.3. The number of aryl methyl sites for hydroxylation is 1. The molecule has 2 aromatic rings. The number of carbonyl (C=O) groups is 1. The number of likely N-dealkylation sites (N-methyl/N-ethyl adjacent to an activating group) is 1. The van der Waals surface area contributed by atoms with E-state index in [0.29, 0.717) is 18.7 Å². The molecule has 0 N–H and O–H groups in total. The van der Waals surface area contributed by atoms with Crippen LogP contribution in [0.5, 0.6) is 0 Å².